The van der Waals surface area contributed by atoms with Crippen LogP contribution in [0.1, 0.15) is 348 Å². The predicted octanol–water partition coefficient (Wildman–Crippen LogP) is 21.6. The van der Waals surface area contributed by atoms with E-state index in [0.717, 1.165) is 83.5 Å². The normalized spacial score (nSPS) is 12.2. The number of allylic oxidation sites excluding steroid dienone is 6. The van der Waals surface area contributed by atoms with E-state index >= 15 is 0 Å². The van der Waals surface area contributed by atoms with Crippen molar-refractivity contribution in [2.24, 2.45) is 0 Å². The monoisotopic (exact) mass is 1010 g/mol. The first kappa shape index (κ1) is 69.6. The van der Waals surface area contributed by atoms with Gasteiger partial charge in [-0.05, 0) is 51.4 Å². The minimum absolute atomic E-state index is 0.0761. The second kappa shape index (κ2) is 61.2. The molecule has 0 fully saturated rings. The molecule has 1 unspecified atom stereocenters. The topological polar surface area (TPSA) is 78.9 Å². The summed E-state index contributed by atoms with van der Waals surface area (Å²) in [7, 11) is 0. The molecule has 0 aliphatic rings. The van der Waals surface area contributed by atoms with Crippen LogP contribution in [0.2, 0.25) is 0 Å². The van der Waals surface area contributed by atoms with Crippen molar-refractivity contribution in [3.63, 3.8) is 0 Å². The quantitative estimate of drug-likeness (QED) is 0.0261. The lowest BCUT2D eigenvalue weighted by molar-refractivity contribution is -0.167. The molecule has 6 heteroatoms. The Morgan fingerprint density at radius 1 is 0.292 bits per heavy atom. The van der Waals surface area contributed by atoms with Gasteiger partial charge in [-0.1, -0.05) is 314 Å². The van der Waals surface area contributed by atoms with Gasteiger partial charge in [0.1, 0.15) is 13.2 Å². The van der Waals surface area contributed by atoms with Gasteiger partial charge in [0.25, 0.3) is 0 Å². The number of esters is 3. The average molecular weight is 1010 g/mol. The van der Waals surface area contributed by atoms with Crippen molar-refractivity contribution >= 4 is 17.9 Å². The number of hydrogen-bond donors (Lipinski definition) is 0. The molecule has 0 aromatic rings. The molecule has 0 aromatic carbocycles. The SMILES string of the molecule is CC/C=C\C/C=C\C/C=C\CCCCCC(=O)OCC(COC(=O)CCCCCCCCCCCCCCCCCCCCCCCCC)OC(=O)CCCCCCCCCCCCCCCCCCCC. The molecule has 0 saturated carbocycles. The van der Waals surface area contributed by atoms with Crippen LogP contribution < -0.4 is 0 Å². The van der Waals surface area contributed by atoms with Crippen LogP contribution in [0.3, 0.4) is 0 Å². The summed E-state index contributed by atoms with van der Waals surface area (Å²) in [4.78, 5) is 38.3. The van der Waals surface area contributed by atoms with Crippen molar-refractivity contribution in [3.05, 3.63) is 36.5 Å². The van der Waals surface area contributed by atoms with Crippen LogP contribution in [0.15, 0.2) is 36.5 Å². The van der Waals surface area contributed by atoms with E-state index < -0.39 is 6.10 Å². The van der Waals surface area contributed by atoms with Gasteiger partial charge in [-0.15, -0.1) is 0 Å². The van der Waals surface area contributed by atoms with Crippen LogP contribution in [0.5, 0.6) is 0 Å². The van der Waals surface area contributed by atoms with Gasteiger partial charge in [0.05, 0.1) is 0 Å². The van der Waals surface area contributed by atoms with Gasteiger partial charge in [-0.2, -0.15) is 0 Å². The Labute approximate surface area is 448 Å². The number of unbranched alkanes of at least 4 members (excludes halogenated alkanes) is 42. The maximum absolute atomic E-state index is 12.9. The first-order valence-electron chi connectivity index (χ1n) is 32.0. The highest BCUT2D eigenvalue weighted by atomic mass is 16.6. The van der Waals surface area contributed by atoms with Crippen molar-refractivity contribution in [2.45, 2.75) is 354 Å². The van der Waals surface area contributed by atoms with E-state index in [9.17, 15) is 14.4 Å². The van der Waals surface area contributed by atoms with Gasteiger partial charge >= 0.3 is 17.9 Å². The first-order chi connectivity index (χ1) is 35.5. The zero-order valence-corrected chi connectivity index (χ0v) is 48.5. The van der Waals surface area contributed by atoms with Crippen molar-refractivity contribution < 1.29 is 28.6 Å². The Balaban J connectivity index is 4.26. The molecule has 0 aliphatic carbocycles. The molecule has 0 aromatic heterocycles. The Bertz CT molecular complexity index is 1210. The first-order valence-corrected chi connectivity index (χ1v) is 32.0. The summed E-state index contributed by atoms with van der Waals surface area (Å²) in [5.41, 5.74) is 0. The van der Waals surface area contributed by atoms with Crippen molar-refractivity contribution in [3.8, 4) is 0 Å². The molecule has 72 heavy (non-hydrogen) atoms. The fourth-order valence-electron chi connectivity index (χ4n) is 9.64. The number of hydrogen-bond acceptors (Lipinski definition) is 6. The van der Waals surface area contributed by atoms with Crippen LogP contribution in [0.25, 0.3) is 0 Å². The minimum Gasteiger partial charge on any atom is -0.462 e. The highest BCUT2D eigenvalue weighted by Crippen LogP contribution is 2.18. The summed E-state index contributed by atoms with van der Waals surface area (Å²) in [5, 5.41) is 0. The lowest BCUT2D eigenvalue weighted by Gasteiger charge is -2.18. The van der Waals surface area contributed by atoms with Crippen LogP contribution in [0.4, 0.5) is 0 Å². The smallest absolute Gasteiger partial charge is 0.306 e. The van der Waals surface area contributed by atoms with E-state index in [4.69, 9.17) is 14.2 Å². The molecule has 0 aliphatic heterocycles. The van der Waals surface area contributed by atoms with Crippen LogP contribution in [0, 0.1) is 0 Å². The highest BCUT2D eigenvalue weighted by molar-refractivity contribution is 5.71. The number of ether oxygens (including phenoxy) is 3. The Hall–Kier alpha value is -2.37. The van der Waals surface area contributed by atoms with E-state index in [1.807, 2.05) is 0 Å². The van der Waals surface area contributed by atoms with E-state index in [1.54, 1.807) is 0 Å². The predicted molar refractivity (Wildman–Crippen MR) is 312 cm³/mol. The van der Waals surface area contributed by atoms with Gasteiger partial charge in [0, 0.05) is 19.3 Å². The van der Waals surface area contributed by atoms with Gasteiger partial charge in [0.15, 0.2) is 6.10 Å². The molecular formula is C66H122O6. The largest absolute Gasteiger partial charge is 0.462 e. The summed E-state index contributed by atoms with van der Waals surface area (Å²) in [6.45, 7) is 6.57. The molecule has 0 bridgehead atoms. The Morgan fingerprint density at radius 2 is 0.542 bits per heavy atom. The molecular weight excluding hydrogens is 889 g/mol. The molecule has 0 spiro atoms. The summed E-state index contributed by atoms with van der Waals surface area (Å²) < 4.78 is 16.9. The number of rotatable bonds is 59. The van der Waals surface area contributed by atoms with Gasteiger partial charge in [-0.25, -0.2) is 0 Å². The fourth-order valence-corrected chi connectivity index (χ4v) is 9.64. The third-order valence-electron chi connectivity index (χ3n) is 14.4. The molecule has 1 atom stereocenters. The second-order valence-corrected chi connectivity index (χ2v) is 21.7. The summed E-state index contributed by atoms with van der Waals surface area (Å²) in [6.07, 6.45) is 74.5. The third-order valence-corrected chi connectivity index (χ3v) is 14.4. The fraction of sp³-hybridized carbons (Fsp3) is 0.864. The van der Waals surface area contributed by atoms with Gasteiger partial charge in [0.2, 0.25) is 0 Å². The molecule has 6 nitrogen and oxygen atoms in total. The Kier molecular flexibility index (Phi) is 59.2. The average Bonchev–Trinajstić information content (AvgIpc) is 3.38. The van der Waals surface area contributed by atoms with Gasteiger partial charge in [-0.3, -0.25) is 14.4 Å². The summed E-state index contributed by atoms with van der Waals surface area (Å²) in [5.74, 6) is -0.882. The molecule has 0 radical (unpaired) electrons. The summed E-state index contributed by atoms with van der Waals surface area (Å²) in [6, 6.07) is 0. The molecule has 0 amide bonds. The third kappa shape index (κ3) is 58.5. The minimum atomic E-state index is -0.780. The lowest BCUT2D eigenvalue weighted by Crippen LogP contribution is -2.30. The lowest BCUT2D eigenvalue weighted by atomic mass is 10.0. The van der Waals surface area contributed by atoms with Crippen molar-refractivity contribution in [1.29, 1.82) is 0 Å². The molecule has 422 valence electrons. The van der Waals surface area contributed by atoms with Crippen LogP contribution in [-0.4, -0.2) is 37.2 Å². The second-order valence-electron chi connectivity index (χ2n) is 21.7. The summed E-state index contributed by atoms with van der Waals surface area (Å²) >= 11 is 0. The van der Waals surface area contributed by atoms with Crippen molar-refractivity contribution in [2.75, 3.05) is 13.2 Å². The zero-order chi connectivity index (χ0) is 52.2. The maximum atomic E-state index is 12.9. The molecule has 0 N–H and O–H groups in total. The van der Waals surface area contributed by atoms with Crippen LogP contribution in [-0.2, 0) is 28.6 Å². The highest BCUT2D eigenvalue weighted by Gasteiger charge is 2.19. The van der Waals surface area contributed by atoms with Gasteiger partial charge < -0.3 is 14.2 Å². The maximum Gasteiger partial charge on any atom is 0.306 e. The van der Waals surface area contributed by atoms with E-state index in [2.05, 4.69) is 57.2 Å². The molecule has 0 rings (SSSR count). The standard InChI is InChI=1S/C66H122O6/c1-4-7-10-13-16-19-22-25-27-29-31-32-33-34-35-37-38-41-44-47-50-53-56-59-65(68)71-62-63(61-70-64(67)58-55-52-49-46-43-40-24-21-18-15-12-9-6-3)72-66(69)60-57-54-51-48-45-42-39-36-30-28-26-23-20-17-14-11-8-5-2/h9,12,18,21,40,43,63H,4-8,10-11,13-17,19-20,22-39,41-42,44-62H2,1-3H3/b12-9-,21-18-,43-40-. The number of carbonyl (C=O) groups excluding carboxylic acids is 3. The Morgan fingerprint density at radius 3 is 0.847 bits per heavy atom. The molecule has 0 saturated heterocycles. The zero-order valence-electron chi connectivity index (χ0n) is 48.5. The van der Waals surface area contributed by atoms with Crippen LogP contribution >= 0.6 is 0 Å². The van der Waals surface area contributed by atoms with E-state index in [0.29, 0.717) is 19.3 Å². The van der Waals surface area contributed by atoms with Crippen molar-refractivity contribution in [1.82, 2.24) is 0 Å². The number of carbonyl (C=O) groups is 3. The van der Waals surface area contributed by atoms with E-state index in [1.165, 1.54) is 225 Å². The van der Waals surface area contributed by atoms with E-state index in [-0.39, 0.29) is 31.1 Å². The molecule has 0 heterocycles.